The summed E-state index contributed by atoms with van der Waals surface area (Å²) in [6.07, 6.45) is 2.50. The van der Waals surface area contributed by atoms with Gasteiger partial charge >= 0.3 is 0 Å². The lowest BCUT2D eigenvalue weighted by Gasteiger charge is -2.27. The molecule has 1 aromatic carbocycles. The molecule has 0 saturated heterocycles. The Hall–Kier alpha value is -1.81. The van der Waals surface area contributed by atoms with Crippen molar-refractivity contribution in [2.24, 2.45) is 0 Å². The maximum Gasteiger partial charge on any atom is 0.220 e. The van der Waals surface area contributed by atoms with Gasteiger partial charge in [0.15, 0.2) is 0 Å². The molecule has 1 aliphatic heterocycles. The zero-order valence-corrected chi connectivity index (χ0v) is 13.7. The van der Waals surface area contributed by atoms with Crippen LogP contribution in [0.3, 0.4) is 0 Å². The van der Waals surface area contributed by atoms with E-state index in [-0.39, 0.29) is 5.91 Å². The fourth-order valence-corrected chi connectivity index (χ4v) is 3.68. The van der Waals surface area contributed by atoms with E-state index >= 15 is 0 Å². The van der Waals surface area contributed by atoms with Gasteiger partial charge in [-0.3, -0.25) is 4.79 Å². The number of thiophene rings is 1. The number of amides is 1. The third-order valence-corrected chi connectivity index (χ3v) is 5.00. The molecule has 2 aromatic rings. The van der Waals surface area contributed by atoms with Crippen LogP contribution in [0, 0.1) is 0 Å². The number of hydrogen-bond donors (Lipinski definition) is 1. The molecular formula is C18H22N2OS. The Balaban J connectivity index is 1.46. The number of carbonyl (C=O) groups excluding carboxylic acids is 1. The van der Waals surface area contributed by atoms with Crippen LogP contribution in [0.2, 0.25) is 0 Å². The highest BCUT2D eigenvalue weighted by Crippen LogP contribution is 2.28. The first-order valence-corrected chi connectivity index (χ1v) is 8.80. The van der Waals surface area contributed by atoms with Crippen LogP contribution in [0.1, 0.15) is 24.5 Å². The van der Waals surface area contributed by atoms with Gasteiger partial charge in [-0.05, 0) is 53.8 Å². The number of aryl methyl sites for hydroxylation is 1. The van der Waals surface area contributed by atoms with Gasteiger partial charge in [-0.2, -0.15) is 11.3 Å². The number of fused-ring (bicyclic) bond motifs is 1. The summed E-state index contributed by atoms with van der Waals surface area (Å²) in [7, 11) is 0. The molecule has 0 bridgehead atoms. The second kappa shape index (κ2) is 6.97. The Kier molecular flexibility index (Phi) is 4.78. The summed E-state index contributed by atoms with van der Waals surface area (Å²) in [4.78, 5) is 14.4. The lowest BCUT2D eigenvalue weighted by Crippen LogP contribution is -2.41. The fourth-order valence-electron chi connectivity index (χ4n) is 2.97. The van der Waals surface area contributed by atoms with Crippen LogP contribution in [-0.2, 0) is 17.6 Å². The predicted molar refractivity (Wildman–Crippen MR) is 92.6 cm³/mol. The lowest BCUT2D eigenvalue weighted by atomic mass is 10.1. The fraction of sp³-hybridized carbons (Fsp3) is 0.389. The molecule has 0 radical (unpaired) electrons. The molecule has 1 aliphatic rings. The molecule has 116 valence electrons. The van der Waals surface area contributed by atoms with Crippen molar-refractivity contribution in [3.8, 4) is 0 Å². The van der Waals surface area contributed by atoms with Gasteiger partial charge in [-0.15, -0.1) is 0 Å². The van der Waals surface area contributed by atoms with Crippen molar-refractivity contribution in [3.63, 3.8) is 0 Å². The molecule has 0 saturated carbocycles. The van der Waals surface area contributed by atoms with Gasteiger partial charge in [-0.25, -0.2) is 0 Å². The summed E-state index contributed by atoms with van der Waals surface area (Å²) in [6, 6.07) is 11.0. The second-order valence-electron chi connectivity index (χ2n) is 5.86. The van der Waals surface area contributed by atoms with Gasteiger partial charge < -0.3 is 10.2 Å². The van der Waals surface area contributed by atoms with E-state index in [0.717, 1.165) is 19.4 Å². The van der Waals surface area contributed by atoms with Gasteiger partial charge in [-0.1, -0.05) is 18.2 Å². The van der Waals surface area contributed by atoms with Crippen molar-refractivity contribution in [1.29, 1.82) is 0 Å². The van der Waals surface area contributed by atoms with Crippen molar-refractivity contribution in [2.75, 3.05) is 18.0 Å². The number of anilines is 1. The molecule has 3 nitrogen and oxygen atoms in total. The zero-order valence-electron chi connectivity index (χ0n) is 12.9. The summed E-state index contributed by atoms with van der Waals surface area (Å²) in [5, 5.41) is 7.24. The van der Waals surface area contributed by atoms with Crippen LogP contribution in [0.4, 0.5) is 5.69 Å². The Morgan fingerprint density at radius 2 is 2.23 bits per heavy atom. The maximum absolute atomic E-state index is 12.0. The normalized spacial score (nSPS) is 14.7. The van der Waals surface area contributed by atoms with E-state index in [4.69, 9.17) is 0 Å². The Morgan fingerprint density at radius 1 is 1.36 bits per heavy atom. The number of carbonyl (C=O) groups is 1. The first-order chi connectivity index (χ1) is 10.7. The predicted octanol–water partition coefficient (Wildman–Crippen LogP) is 3.25. The number of rotatable bonds is 6. The molecule has 0 aliphatic carbocycles. The minimum Gasteiger partial charge on any atom is -0.366 e. The van der Waals surface area contributed by atoms with E-state index in [1.54, 1.807) is 11.3 Å². The Labute approximate surface area is 136 Å². The first-order valence-electron chi connectivity index (χ1n) is 7.86. The van der Waals surface area contributed by atoms with Crippen LogP contribution in [0.5, 0.6) is 0 Å². The minimum atomic E-state index is 0.144. The van der Waals surface area contributed by atoms with E-state index in [0.29, 0.717) is 19.0 Å². The Morgan fingerprint density at radius 3 is 3.05 bits per heavy atom. The van der Waals surface area contributed by atoms with Crippen LogP contribution in [0.15, 0.2) is 41.1 Å². The number of nitrogens with one attached hydrogen (secondary N) is 1. The second-order valence-corrected chi connectivity index (χ2v) is 6.64. The number of hydrogen-bond acceptors (Lipinski definition) is 3. The number of nitrogens with zero attached hydrogens (tertiary/aromatic N) is 1. The van der Waals surface area contributed by atoms with Gasteiger partial charge in [0.1, 0.15) is 0 Å². The zero-order chi connectivity index (χ0) is 15.4. The molecule has 1 aromatic heterocycles. The molecule has 2 heterocycles. The van der Waals surface area contributed by atoms with Gasteiger partial charge in [0.25, 0.3) is 0 Å². The smallest absolute Gasteiger partial charge is 0.220 e. The average Bonchev–Trinajstić information content (AvgIpc) is 3.19. The van der Waals surface area contributed by atoms with Gasteiger partial charge in [0, 0.05) is 31.2 Å². The van der Waals surface area contributed by atoms with Crippen molar-refractivity contribution in [3.05, 3.63) is 52.2 Å². The molecule has 0 fully saturated rings. The Bertz CT molecular complexity index is 624. The molecule has 0 spiro atoms. The average molecular weight is 314 g/mol. The first kappa shape index (κ1) is 15.1. The highest BCUT2D eigenvalue weighted by Gasteiger charge is 2.22. The lowest BCUT2D eigenvalue weighted by molar-refractivity contribution is -0.121. The van der Waals surface area contributed by atoms with E-state index in [9.17, 15) is 4.79 Å². The highest BCUT2D eigenvalue weighted by molar-refractivity contribution is 7.07. The quantitative estimate of drug-likeness (QED) is 0.888. The molecule has 1 N–H and O–H groups in total. The molecule has 1 atom stereocenters. The van der Waals surface area contributed by atoms with Gasteiger partial charge in [0.2, 0.25) is 5.91 Å². The van der Waals surface area contributed by atoms with E-state index in [1.165, 1.54) is 16.8 Å². The summed E-state index contributed by atoms with van der Waals surface area (Å²) in [6.45, 7) is 3.93. The largest absolute Gasteiger partial charge is 0.366 e. The molecule has 4 heteroatoms. The van der Waals surface area contributed by atoms with Crippen LogP contribution < -0.4 is 10.2 Å². The number of para-hydroxylation sites is 1. The maximum atomic E-state index is 12.0. The summed E-state index contributed by atoms with van der Waals surface area (Å²) < 4.78 is 0. The molecule has 1 amide bonds. The third-order valence-electron chi connectivity index (χ3n) is 4.27. The molecule has 1 unspecified atom stereocenters. The highest BCUT2D eigenvalue weighted by atomic mass is 32.1. The molecule has 22 heavy (non-hydrogen) atoms. The summed E-state index contributed by atoms with van der Waals surface area (Å²) in [5.41, 5.74) is 3.99. The van der Waals surface area contributed by atoms with Crippen molar-refractivity contribution >= 4 is 22.9 Å². The number of benzene rings is 1. The monoisotopic (exact) mass is 314 g/mol. The topological polar surface area (TPSA) is 32.3 Å². The third kappa shape index (κ3) is 3.50. The van der Waals surface area contributed by atoms with E-state index < -0.39 is 0 Å². The van der Waals surface area contributed by atoms with Gasteiger partial charge in [0.05, 0.1) is 0 Å². The van der Waals surface area contributed by atoms with Crippen molar-refractivity contribution in [2.45, 2.75) is 32.2 Å². The van der Waals surface area contributed by atoms with Crippen LogP contribution in [0.25, 0.3) is 0 Å². The van der Waals surface area contributed by atoms with Crippen molar-refractivity contribution < 1.29 is 4.79 Å². The van der Waals surface area contributed by atoms with E-state index in [1.807, 2.05) is 0 Å². The molecular weight excluding hydrogens is 292 g/mol. The van der Waals surface area contributed by atoms with E-state index in [2.05, 4.69) is 58.2 Å². The van der Waals surface area contributed by atoms with Crippen molar-refractivity contribution in [1.82, 2.24) is 5.32 Å². The summed E-state index contributed by atoms with van der Waals surface area (Å²) >= 11 is 1.68. The summed E-state index contributed by atoms with van der Waals surface area (Å²) in [5.74, 6) is 0.144. The van der Waals surface area contributed by atoms with Crippen LogP contribution >= 0.6 is 11.3 Å². The standard InChI is InChI=1S/C18H22N2OS/c1-14(20-10-8-16-4-2-3-5-17(16)20)12-19-18(21)7-6-15-9-11-22-13-15/h2-5,9,11,13-14H,6-8,10,12H2,1H3,(H,19,21). The SMILES string of the molecule is CC(CNC(=O)CCc1ccsc1)N1CCc2ccccc21. The molecule has 3 rings (SSSR count). The van der Waals surface area contributed by atoms with Crippen LogP contribution in [-0.4, -0.2) is 25.0 Å². The minimum absolute atomic E-state index is 0.144.